The van der Waals surface area contributed by atoms with E-state index in [0.29, 0.717) is 31.4 Å². The number of nitrogens with zero attached hydrogens (tertiary/aromatic N) is 2. The van der Waals surface area contributed by atoms with Gasteiger partial charge >= 0.3 is 0 Å². The van der Waals surface area contributed by atoms with Gasteiger partial charge in [0.2, 0.25) is 5.91 Å². The number of rotatable bonds is 3. The van der Waals surface area contributed by atoms with Crippen molar-refractivity contribution in [3.05, 3.63) is 0 Å². The Hall–Kier alpha value is -0.940. The Labute approximate surface area is 107 Å². The van der Waals surface area contributed by atoms with Crippen molar-refractivity contribution in [3.63, 3.8) is 0 Å². The second-order valence-corrected chi connectivity index (χ2v) is 5.54. The van der Waals surface area contributed by atoms with Gasteiger partial charge in [-0.2, -0.15) is 0 Å². The van der Waals surface area contributed by atoms with Gasteiger partial charge in [-0.05, 0) is 12.8 Å². The van der Waals surface area contributed by atoms with E-state index in [0.717, 1.165) is 39.1 Å². The maximum absolute atomic E-state index is 12.1. The molecule has 3 heterocycles. The van der Waals surface area contributed by atoms with Gasteiger partial charge in [0.25, 0.3) is 0 Å². The third kappa shape index (κ3) is 2.29. The predicted octanol–water partition coefficient (Wildman–Crippen LogP) is -0.101. The van der Waals surface area contributed by atoms with Crippen LogP contribution in [0.2, 0.25) is 0 Å². The number of Topliss-reactive ketones (excluding diaryl/α,β-unsaturated/α-hetero) is 1. The van der Waals surface area contributed by atoms with Crippen molar-refractivity contribution in [3.8, 4) is 0 Å². The molecule has 5 heteroatoms. The zero-order valence-corrected chi connectivity index (χ0v) is 10.6. The van der Waals surface area contributed by atoms with Gasteiger partial charge in [-0.3, -0.25) is 14.5 Å². The lowest BCUT2D eigenvalue weighted by molar-refractivity contribution is -0.131. The van der Waals surface area contributed by atoms with Crippen LogP contribution in [-0.2, 0) is 14.3 Å². The van der Waals surface area contributed by atoms with Crippen molar-refractivity contribution in [2.75, 3.05) is 39.4 Å². The summed E-state index contributed by atoms with van der Waals surface area (Å²) in [5, 5.41) is 0. The molecule has 3 fully saturated rings. The molecule has 2 atom stereocenters. The summed E-state index contributed by atoms with van der Waals surface area (Å²) in [4.78, 5) is 27.8. The molecular weight excluding hydrogens is 232 g/mol. The summed E-state index contributed by atoms with van der Waals surface area (Å²) in [6.45, 7) is 4.35. The van der Waals surface area contributed by atoms with Crippen LogP contribution < -0.4 is 0 Å². The lowest BCUT2D eigenvalue weighted by Crippen LogP contribution is -2.52. The van der Waals surface area contributed by atoms with Crippen LogP contribution in [0.1, 0.15) is 19.3 Å². The quantitative estimate of drug-likeness (QED) is 0.704. The van der Waals surface area contributed by atoms with Crippen molar-refractivity contribution in [1.29, 1.82) is 0 Å². The largest absolute Gasteiger partial charge is 0.381 e. The number of piperazine rings is 1. The van der Waals surface area contributed by atoms with Gasteiger partial charge in [0.15, 0.2) is 5.78 Å². The zero-order chi connectivity index (χ0) is 12.5. The minimum atomic E-state index is 0.105. The molecule has 0 aromatic heterocycles. The fraction of sp³-hybridized carbons (Fsp3) is 0.846. The second-order valence-electron chi connectivity index (χ2n) is 5.54. The van der Waals surface area contributed by atoms with E-state index < -0.39 is 0 Å². The zero-order valence-electron chi connectivity index (χ0n) is 10.6. The van der Waals surface area contributed by atoms with E-state index in [4.69, 9.17) is 4.74 Å². The van der Waals surface area contributed by atoms with E-state index in [9.17, 15) is 9.59 Å². The third-order valence-electron chi connectivity index (χ3n) is 4.34. The Morgan fingerprint density at radius 1 is 1.33 bits per heavy atom. The van der Waals surface area contributed by atoms with Crippen LogP contribution in [-0.4, -0.2) is 66.9 Å². The van der Waals surface area contributed by atoms with E-state index in [1.807, 2.05) is 4.90 Å². The number of fused-ring (bicyclic) bond motifs is 1. The molecule has 2 unspecified atom stereocenters. The number of carbonyl (C=O) groups is 2. The molecule has 0 saturated carbocycles. The molecule has 3 aliphatic heterocycles. The first-order valence-corrected chi connectivity index (χ1v) is 6.86. The number of ketones is 1. The molecule has 1 amide bonds. The van der Waals surface area contributed by atoms with Crippen LogP contribution in [0.15, 0.2) is 0 Å². The molecule has 0 N–H and O–H groups in total. The molecule has 3 saturated heterocycles. The lowest BCUT2D eigenvalue weighted by atomic mass is 10.0. The van der Waals surface area contributed by atoms with Crippen LogP contribution >= 0.6 is 0 Å². The lowest BCUT2D eigenvalue weighted by Gasteiger charge is -2.37. The summed E-state index contributed by atoms with van der Waals surface area (Å²) in [5.74, 6) is 0.702. The Morgan fingerprint density at radius 2 is 2.22 bits per heavy atom. The first kappa shape index (κ1) is 12.1. The van der Waals surface area contributed by atoms with Gasteiger partial charge in [-0.1, -0.05) is 0 Å². The van der Waals surface area contributed by atoms with Gasteiger partial charge in [0.05, 0.1) is 13.2 Å². The smallest absolute Gasteiger partial charge is 0.222 e. The molecule has 0 radical (unpaired) electrons. The molecule has 0 aromatic carbocycles. The number of hydrogen-bond acceptors (Lipinski definition) is 4. The van der Waals surface area contributed by atoms with Crippen LogP contribution in [0.25, 0.3) is 0 Å². The first-order chi connectivity index (χ1) is 8.74. The normalized spacial score (nSPS) is 32.9. The Bertz CT molecular complexity index is 352. The number of carbonyl (C=O) groups excluding carboxylic acids is 2. The SMILES string of the molecule is O=C(CN1CCN2C(=O)CCC2C1)C1CCOC1. The van der Waals surface area contributed by atoms with Gasteiger partial charge in [-0.15, -0.1) is 0 Å². The molecular formula is C13H20N2O3. The summed E-state index contributed by atoms with van der Waals surface area (Å²) >= 11 is 0. The van der Waals surface area contributed by atoms with E-state index in [-0.39, 0.29) is 11.8 Å². The summed E-state index contributed by atoms with van der Waals surface area (Å²) in [5.41, 5.74) is 0. The van der Waals surface area contributed by atoms with E-state index in [1.54, 1.807) is 0 Å². The highest BCUT2D eigenvalue weighted by molar-refractivity contribution is 5.83. The number of ether oxygens (including phenoxy) is 1. The van der Waals surface area contributed by atoms with Crippen molar-refractivity contribution in [2.45, 2.75) is 25.3 Å². The van der Waals surface area contributed by atoms with Gasteiger partial charge in [-0.25, -0.2) is 0 Å². The second kappa shape index (κ2) is 4.97. The van der Waals surface area contributed by atoms with Crippen LogP contribution in [0, 0.1) is 5.92 Å². The van der Waals surface area contributed by atoms with Crippen LogP contribution in [0.5, 0.6) is 0 Å². The minimum absolute atomic E-state index is 0.105. The molecule has 3 rings (SSSR count). The maximum Gasteiger partial charge on any atom is 0.222 e. The number of hydrogen-bond donors (Lipinski definition) is 0. The summed E-state index contributed by atoms with van der Waals surface area (Å²) in [7, 11) is 0. The topological polar surface area (TPSA) is 49.9 Å². The minimum Gasteiger partial charge on any atom is -0.381 e. The maximum atomic E-state index is 12.1. The standard InChI is InChI=1S/C13H20N2O3/c16-12(10-3-6-18-9-10)8-14-4-5-15-11(7-14)1-2-13(15)17/h10-11H,1-9H2. The number of amides is 1. The van der Waals surface area contributed by atoms with Crippen molar-refractivity contribution >= 4 is 11.7 Å². The van der Waals surface area contributed by atoms with E-state index in [2.05, 4.69) is 4.90 Å². The summed E-state index contributed by atoms with van der Waals surface area (Å²) in [6, 6.07) is 0.346. The summed E-state index contributed by atoms with van der Waals surface area (Å²) in [6.07, 6.45) is 2.51. The Kier molecular flexibility index (Phi) is 3.35. The van der Waals surface area contributed by atoms with Crippen LogP contribution in [0.3, 0.4) is 0 Å². The molecule has 3 aliphatic rings. The van der Waals surface area contributed by atoms with Gasteiger partial charge in [0, 0.05) is 44.6 Å². The third-order valence-corrected chi connectivity index (χ3v) is 4.34. The molecule has 0 bridgehead atoms. The van der Waals surface area contributed by atoms with Crippen LogP contribution in [0.4, 0.5) is 0 Å². The summed E-state index contributed by atoms with van der Waals surface area (Å²) < 4.78 is 5.26. The highest BCUT2D eigenvalue weighted by Crippen LogP contribution is 2.23. The molecule has 0 aromatic rings. The first-order valence-electron chi connectivity index (χ1n) is 6.86. The highest BCUT2D eigenvalue weighted by atomic mass is 16.5. The molecule has 0 aliphatic carbocycles. The monoisotopic (exact) mass is 252 g/mol. The average molecular weight is 252 g/mol. The van der Waals surface area contributed by atoms with Crippen molar-refractivity contribution < 1.29 is 14.3 Å². The molecule has 5 nitrogen and oxygen atoms in total. The Morgan fingerprint density at radius 3 is 3.00 bits per heavy atom. The Balaban J connectivity index is 1.52. The molecule has 0 spiro atoms. The predicted molar refractivity (Wildman–Crippen MR) is 65.1 cm³/mol. The van der Waals surface area contributed by atoms with Gasteiger partial charge in [0.1, 0.15) is 0 Å². The van der Waals surface area contributed by atoms with E-state index >= 15 is 0 Å². The average Bonchev–Trinajstić information content (AvgIpc) is 2.99. The van der Waals surface area contributed by atoms with Crippen molar-refractivity contribution in [2.24, 2.45) is 5.92 Å². The fourth-order valence-corrected chi connectivity index (χ4v) is 3.21. The molecule has 100 valence electrons. The van der Waals surface area contributed by atoms with E-state index in [1.165, 1.54) is 0 Å². The van der Waals surface area contributed by atoms with Crippen molar-refractivity contribution in [1.82, 2.24) is 9.80 Å². The highest BCUT2D eigenvalue weighted by Gasteiger charge is 2.36. The fourth-order valence-electron chi connectivity index (χ4n) is 3.21. The molecule has 18 heavy (non-hydrogen) atoms. The van der Waals surface area contributed by atoms with Gasteiger partial charge < -0.3 is 9.64 Å².